The predicted molar refractivity (Wildman–Crippen MR) is 73.3 cm³/mol. The monoisotopic (exact) mass is 282 g/mol. The molecular formula is C13H20N3O2S+. The standard InChI is InChI=1S/C13H19N3O2S/c14-11-1-5-13(6-2-11)19(17,18)16-9-7-15(8-10-16)12-3-4-12/h1-2,5-6,12H,3-4,7-10,14H2/p+1. The highest BCUT2D eigenvalue weighted by Gasteiger charge is 2.38. The Morgan fingerprint density at radius 3 is 2.21 bits per heavy atom. The molecule has 104 valence electrons. The summed E-state index contributed by atoms with van der Waals surface area (Å²) in [4.78, 5) is 1.92. The molecule has 2 fully saturated rings. The molecule has 1 aliphatic heterocycles. The molecule has 5 nitrogen and oxygen atoms in total. The number of sulfonamides is 1. The molecule has 0 atom stereocenters. The molecule has 1 aromatic rings. The Labute approximate surface area is 114 Å². The Bertz CT molecular complexity index is 544. The maximum Gasteiger partial charge on any atom is 0.243 e. The predicted octanol–water partition coefficient (Wildman–Crippen LogP) is -0.680. The second-order valence-electron chi connectivity index (χ2n) is 5.41. The molecule has 0 aromatic heterocycles. The normalized spacial score (nSPS) is 22.5. The molecule has 0 radical (unpaired) electrons. The van der Waals surface area contributed by atoms with Gasteiger partial charge in [-0.1, -0.05) is 0 Å². The van der Waals surface area contributed by atoms with Gasteiger partial charge in [-0.15, -0.1) is 0 Å². The zero-order chi connectivity index (χ0) is 13.5. The number of nitrogen functional groups attached to an aromatic ring is 1. The van der Waals surface area contributed by atoms with Crippen molar-refractivity contribution in [1.29, 1.82) is 0 Å². The van der Waals surface area contributed by atoms with Crippen LogP contribution in [0.3, 0.4) is 0 Å². The minimum Gasteiger partial charge on any atom is -0.399 e. The number of rotatable bonds is 3. The third kappa shape index (κ3) is 2.61. The first-order valence-electron chi connectivity index (χ1n) is 6.77. The third-order valence-corrected chi connectivity index (χ3v) is 5.95. The molecule has 3 rings (SSSR count). The highest BCUT2D eigenvalue weighted by atomic mass is 32.2. The number of piperazine rings is 1. The molecule has 1 saturated carbocycles. The van der Waals surface area contributed by atoms with Gasteiger partial charge in [-0.2, -0.15) is 4.31 Å². The van der Waals surface area contributed by atoms with Crippen molar-refractivity contribution >= 4 is 15.7 Å². The Hall–Kier alpha value is -1.11. The van der Waals surface area contributed by atoms with Crippen LogP contribution in [0, 0.1) is 0 Å². The Kier molecular flexibility index (Phi) is 3.24. The van der Waals surface area contributed by atoms with Crippen molar-refractivity contribution in [1.82, 2.24) is 4.31 Å². The van der Waals surface area contributed by atoms with E-state index in [2.05, 4.69) is 0 Å². The first kappa shape index (κ1) is 12.9. The van der Waals surface area contributed by atoms with Crippen LogP contribution in [0.15, 0.2) is 29.2 Å². The SMILES string of the molecule is Nc1ccc(S(=O)(=O)N2CC[NH+](C3CC3)CC2)cc1. The lowest BCUT2D eigenvalue weighted by molar-refractivity contribution is -0.914. The van der Waals surface area contributed by atoms with Crippen LogP contribution >= 0.6 is 0 Å². The summed E-state index contributed by atoms with van der Waals surface area (Å²) in [6, 6.07) is 7.24. The summed E-state index contributed by atoms with van der Waals surface area (Å²) in [5.74, 6) is 0. The van der Waals surface area contributed by atoms with Gasteiger partial charge in [0.25, 0.3) is 0 Å². The van der Waals surface area contributed by atoms with Gasteiger partial charge < -0.3 is 10.6 Å². The van der Waals surface area contributed by atoms with Crippen LogP contribution in [0.5, 0.6) is 0 Å². The van der Waals surface area contributed by atoms with Crippen molar-refractivity contribution in [2.75, 3.05) is 31.9 Å². The smallest absolute Gasteiger partial charge is 0.243 e. The van der Waals surface area contributed by atoms with E-state index in [0.717, 1.165) is 19.1 Å². The summed E-state index contributed by atoms with van der Waals surface area (Å²) >= 11 is 0. The molecule has 2 aliphatic rings. The first-order chi connectivity index (χ1) is 9.07. The molecule has 1 aliphatic carbocycles. The number of benzene rings is 1. The van der Waals surface area contributed by atoms with Gasteiger partial charge in [0.2, 0.25) is 10.0 Å². The summed E-state index contributed by atoms with van der Waals surface area (Å²) in [6.07, 6.45) is 2.61. The van der Waals surface area contributed by atoms with E-state index in [1.54, 1.807) is 33.5 Å². The van der Waals surface area contributed by atoms with Crippen LogP contribution < -0.4 is 10.6 Å². The topological polar surface area (TPSA) is 67.8 Å². The number of anilines is 1. The minimum atomic E-state index is -3.34. The summed E-state index contributed by atoms with van der Waals surface area (Å²) in [5, 5.41) is 0. The molecule has 0 spiro atoms. The molecule has 1 aromatic carbocycles. The molecule has 1 heterocycles. The fourth-order valence-electron chi connectivity index (χ4n) is 2.70. The van der Waals surface area contributed by atoms with Crippen LogP contribution in [-0.4, -0.2) is 44.9 Å². The number of hydrogen-bond donors (Lipinski definition) is 2. The first-order valence-corrected chi connectivity index (χ1v) is 8.21. The largest absolute Gasteiger partial charge is 0.399 e. The van der Waals surface area contributed by atoms with Crippen LogP contribution in [0.2, 0.25) is 0 Å². The van der Waals surface area contributed by atoms with Gasteiger partial charge in [-0.05, 0) is 24.3 Å². The van der Waals surface area contributed by atoms with E-state index in [-0.39, 0.29) is 0 Å². The van der Waals surface area contributed by atoms with Gasteiger partial charge in [-0.25, -0.2) is 8.42 Å². The van der Waals surface area contributed by atoms with Crippen molar-refractivity contribution in [3.8, 4) is 0 Å². The highest BCUT2D eigenvalue weighted by molar-refractivity contribution is 7.89. The lowest BCUT2D eigenvalue weighted by Crippen LogP contribution is -3.16. The quantitative estimate of drug-likeness (QED) is 0.722. The molecular weight excluding hydrogens is 262 g/mol. The second-order valence-corrected chi connectivity index (χ2v) is 7.34. The van der Waals surface area contributed by atoms with Gasteiger partial charge in [0.15, 0.2) is 0 Å². The van der Waals surface area contributed by atoms with Crippen molar-refractivity contribution in [2.45, 2.75) is 23.8 Å². The second kappa shape index (κ2) is 4.77. The van der Waals surface area contributed by atoms with Gasteiger partial charge in [0, 0.05) is 18.5 Å². The number of nitrogens with one attached hydrogen (secondary N) is 1. The van der Waals surface area contributed by atoms with E-state index in [0.29, 0.717) is 23.7 Å². The fraction of sp³-hybridized carbons (Fsp3) is 0.538. The fourth-order valence-corrected chi connectivity index (χ4v) is 4.14. The van der Waals surface area contributed by atoms with Crippen molar-refractivity contribution < 1.29 is 13.3 Å². The lowest BCUT2D eigenvalue weighted by Gasteiger charge is -2.31. The summed E-state index contributed by atoms with van der Waals surface area (Å²) in [5.41, 5.74) is 6.18. The Morgan fingerprint density at radius 2 is 1.68 bits per heavy atom. The van der Waals surface area contributed by atoms with Crippen molar-refractivity contribution in [3.05, 3.63) is 24.3 Å². The lowest BCUT2D eigenvalue weighted by atomic mass is 10.3. The van der Waals surface area contributed by atoms with Crippen molar-refractivity contribution in [2.24, 2.45) is 0 Å². The van der Waals surface area contributed by atoms with E-state index in [1.807, 2.05) is 0 Å². The Morgan fingerprint density at radius 1 is 1.11 bits per heavy atom. The minimum absolute atomic E-state index is 0.344. The third-order valence-electron chi connectivity index (χ3n) is 4.04. The maximum absolute atomic E-state index is 12.5. The zero-order valence-electron chi connectivity index (χ0n) is 10.9. The number of hydrogen-bond acceptors (Lipinski definition) is 3. The molecule has 1 saturated heterocycles. The zero-order valence-corrected chi connectivity index (χ0v) is 11.7. The van der Waals surface area contributed by atoms with Gasteiger partial charge >= 0.3 is 0 Å². The molecule has 0 bridgehead atoms. The summed E-state index contributed by atoms with van der Waals surface area (Å²) < 4.78 is 26.5. The van der Waals surface area contributed by atoms with E-state index in [4.69, 9.17) is 5.73 Å². The number of nitrogens with two attached hydrogens (primary N) is 1. The summed E-state index contributed by atoms with van der Waals surface area (Å²) in [6.45, 7) is 3.11. The van der Waals surface area contributed by atoms with E-state index < -0.39 is 10.0 Å². The number of quaternary nitrogens is 1. The van der Waals surface area contributed by atoms with Crippen LogP contribution in [0.25, 0.3) is 0 Å². The van der Waals surface area contributed by atoms with Gasteiger partial charge in [-0.3, -0.25) is 0 Å². The molecule has 19 heavy (non-hydrogen) atoms. The maximum atomic E-state index is 12.5. The van der Waals surface area contributed by atoms with E-state index in [1.165, 1.54) is 12.8 Å². The van der Waals surface area contributed by atoms with Crippen LogP contribution in [0.1, 0.15) is 12.8 Å². The molecule has 0 amide bonds. The van der Waals surface area contributed by atoms with Crippen molar-refractivity contribution in [3.63, 3.8) is 0 Å². The Balaban J connectivity index is 1.72. The average Bonchev–Trinajstić information content (AvgIpc) is 3.24. The van der Waals surface area contributed by atoms with E-state index in [9.17, 15) is 8.42 Å². The van der Waals surface area contributed by atoms with Gasteiger partial charge in [0.1, 0.15) is 0 Å². The average molecular weight is 282 g/mol. The highest BCUT2D eigenvalue weighted by Crippen LogP contribution is 2.19. The number of nitrogens with zero attached hydrogens (tertiary/aromatic N) is 1. The van der Waals surface area contributed by atoms with Crippen LogP contribution in [0.4, 0.5) is 5.69 Å². The van der Waals surface area contributed by atoms with Crippen LogP contribution in [-0.2, 0) is 10.0 Å². The van der Waals surface area contributed by atoms with Gasteiger partial charge in [0.05, 0.1) is 37.1 Å². The molecule has 3 N–H and O–H groups in total. The van der Waals surface area contributed by atoms with E-state index >= 15 is 0 Å². The summed E-state index contributed by atoms with van der Waals surface area (Å²) in [7, 11) is -3.34. The molecule has 0 unspecified atom stereocenters. The molecule has 6 heteroatoms.